The van der Waals surface area contributed by atoms with Gasteiger partial charge in [-0.15, -0.1) is 0 Å². The lowest BCUT2D eigenvalue weighted by Crippen LogP contribution is -2.34. The van der Waals surface area contributed by atoms with E-state index in [1.807, 2.05) is 24.9 Å². The van der Waals surface area contributed by atoms with Crippen molar-refractivity contribution in [3.63, 3.8) is 0 Å². The topological polar surface area (TPSA) is 87.1 Å². The number of aromatic nitrogens is 2. The van der Waals surface area contributed by atoms with E-state index < -0.39 is 0 Å². The van der Waals surface area contributed by atoms with Crippen molar-refractivity contribution in [2.24, 2.45) is 0 Å². The molecule has 0 spiro atoms. The van der Waals surface area contributed by atoms with Gasteiger partial charge in [0.25, 0.3) is 0 Å². The number of benzene rings is 1. The van der Waals surface area contributed by atoms with Crippen molar-refractivity contribution < 1.29 is 23.7 Å². The fraction of sp³-hybridized carbons (Fsp3) is 0.583. The maximum Gasteiger partial charge on any atom is 0.246 e. The molecule has 4 rings (SSSR count). The van der Waals surface area contributed by atoms with Crippen molar-refractivity contribution in [1.82, 2.24) is 14.5 Å². The fourth-order valence-electron chi connectivity index (χ4n) is 4.62. The molecule has 2 aromatic rings. The van der Waals surface area contributed by atoms with E-state index in [1.54, 1.807) is 0 Å². The highest BCUT2D eigenvalue weighted by molar-refractivity contribution is 5.88. The smallest absolute Gasteiger partial charge is 0.246 e. The minimum absolute atomic E-state index is 0.0302. The summed E-state index contributed by atoms with van der Waals surface area (Å²) in [6.07, 6.45) is 4.37. The number of fused-ring (bicyclic) bond motifs is 2. The molecule has 1 saturated heterocycles. The molecule has 1 atom stereocenters. The molecule has 33 heavy (non-hydrogen) atoms. The van der Waals surface area contributed by atoms with E-state index in [0.29, 0.717) is 57.7 Å². The Hall–Kier alpha value is -2.78. The first-order chi connectivity index (χ1) is 16.1. The van der Waals surface area contributed by atoms with E-state index in [9.17, 15) is 4.79 Å². The maximum atomic E-state index is 12.4. The Bertz CT molecular complexity index is 989. The number of nitrogens with one attached hydrogen (secondary N) is 1. The lowest BCUT2D eigenvalue weighted by Gasteiger charge is -2.26. The molecule has 1 unspecified atom stereocenters. The zero-order valence-electron chi connectivity index (χ0n) is 19.6. The number of carbonyl (C=O) groups excluding carboxylic acids is 1. The number of carbonyl (C=O) groups is 1. The van der Waals surface area contributed by atoms with Crippen LogP contribution in [0.5, 0.6) is 11.5 Å². The van der Waals surface area contributed by atoms with Gasteiger partial charge in [-0.3, -0.25) is 4.79 Å². The Kier molecular flexibility index (Phi) is 7.72. The number of hydrogen-bond acceptors (Lipinski definition) is 7. The number of rotatable bonds is 3. The summed E-state index contributed by atoms with van der Waals surface area (Å²) in [5.74, 6) is 2.08. The number of aryl methyl sites for hydroxylation is 1. The van der Waals surface area contributed by atoms with Crippen LogP contribution in [0.15, 0.2) is 18.7 Å². The average molecular weight is 459 g/mol. The van der Waals surface area contributed by atoms with Gasteiger partial charge in [-0.1, -0.05) is 6.58 Å². The third-order valence-electron chi connectivity index (χ3n) is 6.18. The second kappa shape index (κ2) is 10.9. The van der Waals surface area contributed by atoms with Crippen molar-refractivity contribution in [3.8, 4) is 11.5 Å². The highest BCUT2D eigenvalue weighted by Crippen LogP contribution is 2.40. The number of likely N-dealkylation sites (tertiary alicyclic amines) is 1. The molecule has 1 aromatic heterocycles. The molecule has 1 fully saturated rings. The first-order valence-electron chi connectivity index (χ1n) is 11.7. The van der Waals surface area contributed by atoms with E-state index in [2.05, 4.69) is 16.5 Å². The monoisotopic (exact) mass is 458 g/mol. The van der Waals surface area contributed by atoms with Crippen LogP contribution in [0.25, 0.3) is 11.0 Å². The summed E-state index contributed by atoms with van der Waals surface area (Å²) in [7, 11) is 1.87. The molecule has 9 nitrogen and oxygen atoms in total. The largest absolute Gasteiger partial charge is 0.487 e. The molecule has 0 radical (unpaired) electrons. The van der Waals surface area contributed by atoms with Gasteiger partial charge < -0.3 is 33.7 Å². The molecule has 2 aliphatic rings. The third-order valence-corrected chi connectivity index (χ3v) is 6.18. The van der Waals surface area contributed by atoms with Gasteiger partial charge in [0.15, 0.2) is 11.5 Å². The summed E-state index contributed by atoms with van der Waals surface area (Å²) in [5, 5.41) is 3.25. The Balaban J connectivity index is 1.77. The highest BCUT2D eigenvalue weighted by atomic mass is 16.6. The van der Waals surface area contributed by atoms with Crippen LogP contribution in [0.4, 0.5) is 5.95 Å². The molecule has 0 saturated carbocycles. The molecule has 0 aliphatic carbocycles. The number of ether oxygens (including phenoxy) is 4. The predicted molar refractivity (Wildman–Crippen MR) is 126 cm³/mol. The molecule has 3 heterocycles. The molecule has 9 heteroatoms. The van der Waals surface area contributed by atoms with Gasteiger partial charge in [0.1, 0.15) is 13.2 Å². The summed E-state index contributed by atoms with van der Waals surface area (Å²) in [5.41, 5.74) is 2.78. The van der Waals surface area contributed by atoms with E-state index in [1.165, 1.54) is 6.08 Å². The second-order valence-electron chi connectivity index (χ2n) is 8.31. The quantitative estimate of drug-likeness (QED) is 0.708. The molecule has 1 N–H and O–H groups in total. The number of imidazole rings is 1. The van der Waals surface area contributed by atoms with Crippen LogP contribution in [-0.2, 0) is 14.3 Å². The van der Waals surface area contributed by atoms with Crippen LogP contribution in [0, 0.1) is 6.92 Å². The zero-order valence-corrected chi connectivity index (χ0v) is 19.6. The fourth-order valence-corrected chi connectivity index (χ4v) is 4.62. The standard InChI is InChI=1S/C24H34N4O5/c1-4-21(29)27-8-6-5-7-18(16-27)28-22-17(2)23-20(15-19(22)26-24(28)25-3)32-13-11-30-9-10-31-12-14-33-23/h4,15,18H,1,5-14,16H2,2-3H3,(H,25,26). The first-order valence-corrected chi connectivity index (χ1v) is 11.7. The average Bonchev–Trinajstić information content (AvgIpc) is 3.01. The van der Waals surface area contributed by atoms with Gasteiger partial charge >= 0.3 is 0 Å². The van der Waals surface area contributed by atoms with E-state index in [0.717, 1.165) is 48.4 Å². The van der Waals surface area contributed by atoms with Gasteiger partial charge in [0, 0.05) is 31.8 Å². The first kappa shape index (κ1) is 23.4. The molecule has 1 amide bonds. The van der Waals surface area contributed by atoms with Gasteiger partial charge in [-0.05, 0) is 32.3 Å². The van der Waals surface area contributed by atoms with Crippen molar-refractivity contribution in [3.05, 3.63) is 24.3 Å². The zero-order chi connectivity index (χ0) is 23.2. The Morgan fingerprint density at radius 1 is 1.15 bits per heavy atom. The number of nitrogens with zero attached hydrogens (tertiary/aromatic N) is 3. The van der Waals surface area contributed by atoms with E-state index >= 15 is 0 Å². The maximum absolute atomic E-state index is 12.4. The van der Waals surface area contributed by atoms with Crippen LogP contribution in [0.3, 0.4) is 0 Å². The number of anilines is 1. The van der Waals surface area contributed by atoms with Crippen LogP contribution < -0.4 is 14.8 Å². The Morgan fingerprint density at radius 2 is 1.88 bits per heavy atom. The molecule has 1 aromatic carbocycles. The third kappa shape index (κ3) is 5.09. The number of hydrogen-bond donors (Lipinski definition) is 1. The van der Waals surface area contributed by atoms with Crippen molar-refractivity contribution >= 4 is 22.9 Å². The Labute approximate surface area is 194 Å². The Morgan fingerprint density at radius 3 is 2.61 bits per heavy atom. The van der Waals surface area contributed by atoms with Crippen molar-refractivity contribution in [2.45, 2.75) is 32.2 Å². The van der Waals surface area contributed by atoms with Crippen molar-refractivity contribution in [1.29, 1.82) is 0 Å². The molecule has 2 aliphatic heterocycles. The van der Waals surface area contributed by atoms with Crippen LogP contribution in [0.2, 0.25) is 0 Å². The van der Waals surface area contributed by atoms with Crippen LogP contribution in [-0.4, -0.2) is 80.1 Å². The predicted octanol–water partition coefficient (Wildman–Crippen LogP) is 2.93. The van der Waals surface area contributed by atoms with Crippen LogP contribution >= 0.6 is 0 Å². The summed E-state index contributed by atoms with van der Waals surface area (Å²) in [6, 6.07) is 2.02. The molecule has 180 valence electrons. The van der Waals surface area contributed by atoms with Gasteiger partial charge in [-0.2, -0.15) is 0 Å². The normalized spacial score (nSPS) is 20.4. The highest BCUT2D eigenvalue weighted by Gasteiger charge is 2.28. The van der Waals surface area contributed by atoms with E-state index in [-0.39, 0.29) is 11.9 Å². The summed E-state index contributed by atoms with van der Waals surface area (Å²) < 4.78 is 25.5. The summed E-state index contributed by atoms with van der Waals surface area (Å²) >= 11 is 0. The summed E-state index contributed by atoms with van der Waals surface area (Å²) in [6.45, 7) is 9.93. The molecule has 0 bridgehead atoms. The minimum atomic E-state index is -0.0302. The van der Waals surface area contributed by atoms with Gasteiger partial charge in [0.05, 0.1) is 43.5 Å². The summed E-state index contributed by atoms with van der Waals surface area (Å²) in [4.78, 5) is 19.2. The number of amides is 1. The van der Waals surface area contributed by atoms with Crippen LogP contribution in [0.1, 0.15) is 30.9 Å². The second-order valence-corrected chi connectivity index (χ2v) is 8.31. The lowest BCUT2D eigenvalue weighted by atomic mass is 10.1. The molecular weight excluding hydrogens is 424 g/mol. The van der Waals surface area contributed by atoms with Gasteiger partial charge in [-0.25, -0.2) is 4.98 Å². The van der Waals surface area contributed by atoms with E-state index in [4.69, 9.17) is 23.9 Å². The van der Waals surface area contributed by atoms with Crippen molar-refractivity contribution in [2.75, 3.05) is 65.1 Å². The molecular formula is C24H34N4O5. The minimum Gasteiger partial charge on any atom is -0.487 e. The lowest BCUT2D eigenvalue weighted by molar-refractivity contribution is -0.126. The SMILES string of the molecule is C=CC(=O)N1CCCCC(n2c(NC)nc3cc4c(c(C)c32)OCCOCCOCCO4)C1. The van der Waals surface area contributed by atoms with Gasteiger partial charge in [0.2, 0.25) is 11.9 Å².